The van der Waals surface area contributed by atoms with Crippen molar-refractivity contribution in [2.75, 3.05) is 13.7 Å². The van der Waals surface area contributed by atoms with Gasteiger partial charge in [0, 0.05) is 19.2 Å². The molecule has 2 heterocycles. The van der Waals surface area contributed by atoms with Crippen molar-refractivity contribution in [3.05, 3.63) is 17.5 Å². The third-order valence-electron chi connectivity index (χ3n) is 2.78. The lowest BCUT2D eigenvalue weighted by atomic mass is 9.98. The number of hydrogen-bond acceptors (Lipinski definition) is 6. The maximum atomic E-state index is 11.6. The van der Waals surface area contributed by atoms with E-state index >= 15 is 0 Å². The Morgan fingerprint density at radius 3 is 3.19 bits per heavy atom. The standard InChI is InChI=1S/C9H14N4O3/c1-13-8-5(3-11-13)6(12-15)4-10-7(8)9(14)16-2/h3,6-7,10,12,15H,4H2,1-2H3. The zero-order valence-corrected chi connectivity index (χ0v) is 9.10. The number of aryl methyl sites for hydroxylation is 1. The number of methoxy groups -OCH3 is 1. The summed E-state index contributed by atoms with van der Waals surface area (Å²) in [5, 5.41) is 16.1. The number of rotatable bonds is 2. The first kappa shape index (κ1) is 11.1. The predicted molar refractivity (Wildman–Crippen MR) is 53.6 cm³/mol. The Labute approximate surface area is 92.3 Å². The van der Waals surface area contributed by atoms with Gasteiger partial charge in [0.2, 0.25) is 0 Å². The number of aromatic nitrogens is 2. The zero-order chi connectivity index (χ0) is 11.7. The highest BCUT2D eigenvalue weighted by atomic mass is 16.5. The summed E-state index contributed by atoms with van der Waals surface area (Å²) in [5.41, 5.74) is 3.70. The van der Waals surface area contributed by atoms with Crippen LogP contribution in [0.2, 0.25) is 0 Å². The van der Waals surface area contributed by atoms with Gasteiger partial charge in [0.25, 0.3) is 0 Å². The molecule has 16 heavy (non-hydrogen) atoms. The van der Waals surface area contributed by atoms with Crippen molar-refractivity contribution in [1.29, 1.82) is 0 Å². The summed E-state index contributed by atoms with van der Waals surface area (Å²) in [6, 6.07) is -0.790. The van der Waals surface area contributed by atoms with E-state index in [1.807, 2.05) is 0 Å². The van der Waals surface area contributed by atoms with Crippen molar-refractivity contribution in [3.63, 3.8) is 0 Å². The summed E-state index contributed by atoms with van der Waals surface area (Å²) in [6.07, 6.45) is 1.64. The minimum absolute atomic E-state index is 0.260. The molecular formula is C9H14N4O3. The Hall–Kier alpha value is -1.44. The maximum absolute atomic E-state index is 11.6. The summed E-state index contributed by atoms with van der Waals surface area (Å²) >= 11 is 0. The summed E-state index contributed by atoms with van der Waals surface area (Å²) in [6.45, 7) is 0.439. The topological polar surface area (TPSA) is 88.4 Å². The molecule has 7 nitrogen and oxygen atoms in total. The van der Waals surface area contributed by atoms with E-state index in [1.54, 1.807) is 17.9 Å². The molecule has 3 N–H and O–H groups in total. The van der Waals surface area contributed by atoms with Gasteiger partial charge in [0.05, 0.1) is 25.0 Å². The lowest BCUT2D eigenvalue weighted by molar-refractivity contribution is -0.143. The minimum Gasteiger partial charge on any atom is -0.468 e. The second-order valence-corrected chi connectivity index (χ2v) is 3.65. The van der Waals surface area contributed by atoms with E-state index in [9.17, 15) is 4.79 Å². The van der Waals surface area contributed by atoms with Crippen LogP contribution in [0.25, 0.3) is 0 Å². The molecule has 0 saturated heterocycles. The van der Waals surface area contributed by atoms with E-state index in [4.69, 9.17) is 9.94 Å². The second kappa shape index (κ2) is 4.20. The molecule has 0 aromatic carbocycles. The van der Waals surface area contributed by atoms with E-state index in [0.29, 0.717) is 12.2 Å². The SMILES string of the molecule is COC(=O)C1NCC(NO)c2cnn(C)c21. The average Bonchev–Trinajstić information content (AvgIpc) is 2.70. The Kier molecular flexibility index (Phi) is 2.90. The number of carbonyl (C=O) groups excluding carboxylic acids is 1. The maximum Gasteiger partial charge on any atom is 0.329 e. The zero-order valence-electron chi connectivity index (χ0n) is 9.10. The molecule has 1 aromatic heterocycles. The van der Waals surface area contributed by atoms with Gasteiger partial charge in [-0.15, -0.1) is 0 Å². The van der Waals surface area contributed by atoms with Gasteiger partial charge in [0.1, 0.15) is 6.04 Å². The van der Waals surface area contributed by atoms with E-state index in [0.717, 1.165) is 5.56 Å². The van der Waals surface area contributed by atoms with Crippen LogP contribution in [0.15, 0.2) is 6.20 Å². The molecule has 0 aliphatic carbocycles. The van der Waals surface area contributed by atoms with Crippen molar-refractivity contribution in [2.45, 2.75) is 12.1 Å². The lowest BCUT2D eigenvalue weighted by Crippen LogP contribution is -2.42. The third-order valence-corrected chi connectivity index (χ3v) is 2.78. The molecule has 1 aliphatic rings. The van der Waals surface area contributed by atoms with Gasteiger partial charge >= 0.3 is 5.97 Å². The van der Waals surface area contributed by atoms with Gasteiger partial charge in [-0.05, 0) is 0 Å². The van der Waals surface area contributed by atoms with Crippen LogP contribution in [0.4, 0.5) is 0 Å². The van der Waals surface area contributed by atoms with Crippen LogP contribution >= 0.6 is 0 Å². The van der Waals surface area contributed by atoms with Crippen LogP contribution in [-0.2, 0) is 16.6 Å². The molecule has 0 amide bonds. The van der Waals surface area contributed by atoms with Crippen LogP contribution < -0.4 is 10.8 Å². The number of carbonyl (C=O) groups is 1. The summed E-state index contributed by atoms with van der Waals surface area (Å²) in [7, 11) is 3.09. The first-order valence-corrected chi connectivity index (χ1v) is 4.91. The molecule has 7 heteroatoms. The van der Waals surface area contributed by atoms with Gasteiger partial charge in [0.15, 0.2) is 0 Å². The molecule has 0 bridgehead atoms. The van der Waals surface area contributed by atoms with Gasteiger partial charge in [-0.2, -0.15) is 10.6 Å². The highest BCUT2D eigenvalue weighted by Gasteiger charge is 2.34. The number of hydrogen-bond donors (Lipinski definition) is 3. The number of ether oxygens (including phenoxy) is 1. The van der Waals surface area contributed by atoms with Gasteiger partial charge in [-0.25, -0.2) is 4.79 Å². The summed E-state index contributed by atoms with van der Waals surface area (Å²) in [4.78, 5) is 11.6. The van der Waals surface area contributed by atoms with Crippen molar-refractivity contribution in [3.8, 4) is 0 Å². The van der Waals surface area contributed by atoms with Crippen LogP contribution in [0.3, 0.4) is 0 Å². The fraction of sp³-hybridized carbons (Fsp3) is 0.556. The van der Waals surface area contributed by atoms with Crippen molar-refractivity contribution >= 4 is 5.97 Å². The Bertz CT molecular complexity index is 403. The van der Waals surface area contributed by atoms with Crippen LogP contribution in [-0.4, -0.2) is 34.6 Å². The van der Waals surface area contributed by atoms with Gasteiger partial charge in [-0.3, -0.25) is 10.00 Å². The van der Waals surface area contributed by atoms with Crippen LogP contribution in [0, 0.1) is 0 Å². The second-order valence-electron chi connectivity index (χ2n) is 3.65. The van der Waals surface area contributed by atoms with E-state index in [2.05, 4.69) is 15.9 Å². The number of fused-ring (bicyclic) bond motifs is 1. The van der Waals surface area contributed by atoms with Crippen molar-refractivity contribution in [1.82, 2.24) is 20.6 Å². The molecule has 2 atom stereocenters. The molecule has 0 fully saturated rings. The molecular weight excluding hydrogens is 212 g/mol. The van der Waals surface area contributed by atoms with Crippen LogP contribution in [0.1, 0.15) is 23.3 Å². The number of nitrogens with one attached hydrogen (secondary N) is 2. The first-order valence-electron chi connectivity index (χ1n) is 4.91. The number of nitrogens with zero attached hydrogens (tertiary/aromatic N) is 2. The Morgan fingerprint density at radius 2 is 2.56 bits per heavy atom. The Balaban J connectivity index is 2.41. The van der Waals surface area contributed by atoms with E-state index < -0.39 is 6.04 Å². The number of esters is 1. The smallest absolute Gasteiger partial charge is 0.329 e. The predicted octanol–water partition coefficient (Wildman–Crippen LogP) is -0.743. The Morgan fingerprint density at radius 1 is 1.81 bits per heavy atom. The highest BCUT2D eigenvalue weighted by Crippen LogP contribution is 2.28. The summed E-state index contributed by atoms with van der Waals surface area (Å²) in [5.74, 6) is -0.360. The fourth-order valence-corrected chi connectivity index (χ4v) is 1.96. The first-order chi connectivity index (χ1) is 7.69. The quantitative estimate of drug-likeness (QED) is 0.454. The lowest BCUT2D eigenvalue weighted by Gasteiger charge is -2.28. The normalized spacial score (nSPS) is 23.9. The molecule has 0 saturated carbocycles. The molecule has 88 valence electrons. The van der Waals surface area contributed by atoms with Crippen molar-refractivity contribution in [2.24, 2.45) is 7.05 Å². The highest BCUT2D eigenvalue weighted by molar-refractivity contribution is 5.78. The number of hydroxylamine groups is 1. The molecule has 0 spiro atoms. The van der Waals surface area contributed by atoms with Crippen molar-refractivity contribution < 1.29 is 14.7 Å². The molecule has 2 rings (SSSR count). The third kappa shape index (κ3) is 1.58. The fourth-order valence-electron chi connectivity index (χ4n) is 1.96. The monoisotopic (exact) mass is 226 g/mol. The largest absolute Gasteiger partial charge is 0.468 e. The minimum atomic E-state index is -0.530. The van der Waals surface area contributed by atoms with Crippen LogP contribution in [0.5, 0.6) is 0 Å². The van der Waals surface area contributed by atoms with E-state index in [1.165, 1.54) is 7.11 Å². The molecule has 2 unspecified atom stereocenters. The van der Waals surface area contributed by atoms with E-state index in [-0.39, 0.29) is 12.0 Å². The van der Waals surface area contributed by atoms with Gasteiger partial charge in [-0.1, -0.05) is 0 Å². The molecule has 1 aromatic rings. The summed E-state index contributed by atoms with van der Waals surface area (Å²) < 4.78 is 6.32. The average molecular weight is 226 g/mol. The molecule has 1 aliphatic heterocycles. The van der Waals surface area contributed by atoms with Gasteiger partial charge < -0.3 is 9.94 Å². The molecule has 0 radical (unpaired) electrons.